The number of aliphatic carboxylic acids is 1. The van der Waals surface area contributed by atoms with E-state index in [2.05, 4.69) is 0 Å². The fourth-order valence-electron chi connectivity index (χ4n) is 1.84. The van der Waals surface area contributed by atoms with Gasteiger partial charge < -0.3 is 14.6 Å². The van der Waals surface area contributed by atoms with Gasteiger partial charge in [0.15, 0.2) is 11.5 Å². The second-order valence-electron chi connectivity index (χ2n) is 3.93. The quantitative estimate of drug-likeness (QED) is 0.855. The highest BCUT2D eigenvalue weighted by atomic mass is 16.5. The molecule has 0 fully saturated rings. The smallest absolute Gasteiger partial charge is 0.303 e. The van der Waals surface area contributed by atoms with E-state index in [-0.39, 0.29) is 6.42 Å². The van der Waals surface area contributed by atoms with Gasteiger partial charge in [-0.1, -0.05) is 0 Å². The van der Waals surface area contributed by atoms with E-state index in [9.17, 15) is 4.79 Å². The molecule has 4 nitrogen and oxygen atoms in total. The van der Waals surface area contributed by atoms with Crippen molar-refractivity contribution in [3.05, 3.63) is 22.8 Å². The molecule has 0 heterocycles. The highest BCUT2D eigenvalue weighted by Crippen LogP contribution is 2.36. The Morgan fingerprint density at radius 1 is 1.29 bits per heavy atom. The van der Waals surface area contributed by atoms with Crippen LogP contribution in [0.1, 0.15) is 23.1 Å². The van der Waals surface area contributed by atoms with E-state index in [1.807, 2.05) is 19.9 Å². The molecule has 0 bridgehead atoms. The maximum absolute atomic E-state index is 10.7. The largest absolute Gasteiger partial charge is 0.493 e. The SMILES string of the molecule is COc1cc(C)c(C)c(CCC(=O)O)c1OC. The van der Waals surface area contributed by atoms with Crippen molar-refractivity contribution >= 4 is 5.97 Å². The maximum Gasteiger partial charge on any atom is 0.303 e. The van der Waals surface area contributed by atoms with Crippen LogP contribution in [0.4, 0.5) is 0 Å². The fraction of sp³-hybridized carbons (Fsp3) is 0.462. The number of aryl methyl sites for hydroxylation is 1. The molecule has 1 aromatic rings. The molecule has 1 aromatic carbocycles. The van der Waals surface area contributed by atoms with Crippen LogP contribution in [-0.4, -0.2) is 25.3 Å². The molecule has 0 saturated heterocycles. The van der Waals surface area contributed by atoms with Crippen molar-refractivity contribution in [1.29, 1.82) is 0 Å². The molecular weight excluding hydrogens is 220 g/mol. The summed E-state index contributed by atoms with van der Waals surface area (Å²) in [5.41, 5.74) is 3.04. The number of carbonyl (C=O) groups is 1. The van der Waals surface area contributed by atoms with Gasteiger partial charge in [-0.05, 0) is 37.5 Å². The molecule has 4 heteroatoms. The van der Waals surface area contributed by atoms with Crippen molar-refractivity contribution in [1.82, 2.24) is 0 Å². The van der Waals surface area contributed by atoms with E-state index >= 15 is 0 Å². The van der Waals surface area contributed by atoms with Crippen molar-refractivity contribution in [3.8, 4) is 11.5 Å². The molecule has 0 saturated carbocycles. The lowest BCUT2D eigenvalue weighted by molar-refractivity contribution is -0.136. The van der Waals surface area contributed by atoms with Gasteiger partial charge in [0.1, 0.15) is 0 Å². The van der Waals surface area contributed by atoms with Crippen LogP contribution in [0.3, 0.4) is 0 Å². The summed E-state index contributed by atoms with van der Waals surface area (Å²) in [6.45, 7) is 3.94. The lowest BCUT2D eigenvalue weighted by atomic mass is 9.97. The topological polar surface area (TPSA) is 55.8 Å². The zero-order valence-corrected chi connectivity index (χ0v) is 10.7. The van der Waals surface area contributed by atoms with Crippen molar-refractivity contribution in [2.45, 2.75) is 26.7 Å². The third-order valence-corrected chi connectivity index (χ3v) is 2.90. The van der Waals surface area contributed by atoms with Gasteiger partial charge in [0.05, 0.1) is 14.2 Å². The standard InChI is InChI=1S/C13H18O4/c1-8-7-11(16-3)13(17-4)10(9(8)2)5-6-12(14)15/h7H,5-6H2,1-4H3,(H,14,15). The van der Waals surface area contributed by atoms with Crippen LogP contribution in [0, 0.1) is 13.8 Å². The Bertz CT molecular complexity index is 424. The summed E-state index contributed by atoms with van der Waals surface area (Å²) < 4.78 is 10.6. The zero-order valence-electron chi connectivity index (χ0n) is 10.7. The lowest BCUT2D eigenvalue weighted by Gasteiger charge is -2.16. The average molecular weight is 238 g/mol. The first-order chi connectivity index (χ1) is 8.01. The van der Waals surface area contributed by atoms with E-state index in [1.54, 1.807) is 14.2 Å². The van der Waals surface area contributed by atoms with E-state index in [0.717, 1.165) is 16.7 Å². The van der Waals surface area contributed by atoms with Gasteiger partial charge in [-0.15, -0.1) is 0 Å². The molecule has 17 heavy (non-hydrogen) atoms. The molecule has 94 valence electrons. The predicted octanol–water partition coefficient (Wildman–Crippen LogP) is 2.34. The highest BCUT2D eigenvalue weighted by molar-refractivity contribution is 5.68. The molecule has 0 radical (unpaired) electrons. The summed E-state index contributed by atoms with van der Waals surface area (Å²) in [5, 5.41) is 8.75. The first-order valence-electron chi connectivity index (χ1n) is 5.44. The Kier molecular flexibility index (Phi) is 4.37. The van der Waals surface area contributed by atoms with Gasteiger partial charge in [-0.25, -0.2) is 0 Å². The molecule has 0 aliphatic heterocycles. The third kappa shape index (κ3) is 2.90. The van der Waals surface area contributed by atoms with Crippen molar-refractivity contribution < 1.29 is 19.4 Å². The Morgan fingerprint density at radius 3 is 2.41 bits per heavy atom. The molecule has 0 atom stereocenters. The minimum Gasteiger partial charge on any atom is -0.493 e. The van der Waals surface area contributed by atoms with Crippen molar-refractivity contribution in [2.75, 3.05) is 14.2 Å². The first-order valence-corrected chi connectivity index (χ1v) is 5.44. The number of carboxylic acids is 1. The second-order valence-corrected chi connectivity index (χ2v) is 3.93. The number of benzene rings is 1. The summed E-state index contributed by atoms with van der Waals surface area (Å²) in [6.07, 6.45) is 0.534. The Hall–Kier alpha value is -1.71. The summed E-state index contributed by atoms with van der Waals surface area (Å²) in [5.74, 6) is 0.472. The number of hydrogen-bond donors (Lipinski definition) is 1. The Labute approximate surface area is 101 Å². The van der Waals surface area contributed by atoms with Crippen LogP contribution in [0.5, 0.6) is 11.5 Å². The summed E-state index contributed by atoms with van der Waals surface area (Å²) in [6, 6.07) is 1.90. The van der Waals surface area contributed by atoms with Crippen LogP contribution in [0.15, 0.2) is 6.07 Å². The van der Waals surface area contributed by atoms with Gasteiger partial charge >= 0.3 is 5.97 Å². The number of hydrogen-bond acceptors (Lipinski definition) is 3. The highest BCUT2D eigenvalue weighted by Gasteiger charge is 2.15. The second kappa shape index (κ2) is 5.57. The predicted molar refractivity (Wildman–Crippen MR) is 65.0 cm³/mol. The van der Waals surface area contributed by atoms with Gasteiger partial charge in [-0.3, -0.25) is 4.79 Å². The fourth-order valence-corrected chi connectivity index (χ4v) is 1.84. The number of rotatable bonds is 5. The summed E-state index contributed by atoms with van der Waals surface area (Å²) in [4.78, 5) is 10.7. The molecule has 0 aliphatic rings. The first kappa shape index (κ1) is 13.4. The van der Waals surface area contributed by atoms with E-state index in [1.165, 1.54) is 0 Å². The van der Waals surface area contributed by atoms with E-state index in [4.69, 9.17) is 14.6 Å². The molecule has 0 aliphatic carbocycles. The minimum absolute atomic E-state index is 0.0871. The molecular formula is C13H18O4. The van der Waals surface area contributed by atoms with Gasteiger partial charge in [0, 0.05) is 12.0 Å². The number of ether oxygens (including phenoxy) is 2. The van der Waals surface area contributed by atoms with Crippen LogP contribution in [0.2, 0.25) is 0 Å². The van der Waals surface area contributed by atoms with Gasteiger partial charge in [-0.2, -0.15) is 0 Å². The van der Waals surface area contributed by atoms with Crippen LogP contribution in [-0.2, 0) is 11.2 Å². The molecule has 0 aromatic heterocycles. The summed E-state index contributed by atoms with van der Waals surface area (Å²) in [7, 11) is 3.14. The molecule has 1 rings (SSSR count). The lowest BCUT2D eigenvalue weighted by Crippen LogP contribution is -2.04. The van der Waals surface area contributed by atoms with Crippen LogP contribution < -0.4 is 9.47 Å². The normalized spacial score (nSPS) is 10.1. The Morgan fingerprint density at radius 2 is 1.94 bits per heavy atom. The number of methoxy groups -OCH3 is 2. The minimum atomic E-state index is -0.813. The van der Waals surface area contributed by atoms with Crippen molar-refractivity contribution in [2.24, 2.45) is 0 Å². The third-order valence-electron chi connectivity index (χ3n) is 2.90. The molecule has 0 spiro atoms. The monoisotopic (exact) mass is 238 g/mol. The van der Waals surface area contributed by atoms with E-state index in [0.29, 0.717) is 17.9 Å². The Balaban J connectivity index is 3.22. The van der Waals surface area contributed by atoms with E-state index < -0.39 is 5.97 Å². The van der Waals surface area contributed by atoms with Gasteiger partial charge in [0.2, 0.25) is 0 Å². The van der Waals surface area contributed by atoms with Crippen molar-refractivity contribution in [3.63, 3.8) is 0 Å². The van der Waals surface area contributed by atoms with Crippen LogP contribution in [0.25, 0.3) is 0 Å². The zero-order chi connectivity index (χ0) is 13.0. The molecule has 0 amide bonds. The number of carboxylic acid groups (broad SMARTS) is 1. The maximum atomic E-state index is 10.7. The summed E-state index contributed by atoms with van der Waals surface area (Å²) >= 11 is 0. The molecule has 0 unspecified atom stereocenters. The average Bonchev–Trinajstić information content (AvgIpc) is 2.29. The molecule has 1 N–H and O–H groups in total. The van der Waals surface area contributed by atoms with Crippen LogP contribution >= 0.6 is 0 Å². The van der Waals surface area contributed by atoms with Gasteiger partial charge in [0.25, 0.3) is 0 Å².